The van der Waals surface area contributed by atoms with Crippen LogP contribution in [-0.2, 0) is 42.7 Å². The third kappa shape index (κ3) is 6.22. The maximum atomic E-state index is 6.63. The van der Waals surface area contributed by atoms with Gasteiger partial charge in [-0.15, -0.1) is 48.1 Å². The minimum atomic E-state index is -0.273. The molecule has 4 aliphatic heterocycles. The van der Waals surface area contributed by atoms with Gasteiger partial charge in [0.05, 0.1) is 17.1 Å². The van der Waals surface area contributed by atoms with Gasteiger partial charge in [0.2, 0.25) is 0 Å². The van der Waals surface area contributed by atoms with E-state index >= 15 is 0 Å². The van der Waals surface area contributed by atoms with Crippen molar-refractivity contribution < 1.29 is 30.5 Å². The third-order valence-electron chi connectivity index (χ3n) is 14.2. The van der Waals surface area contributed by atoms with Crippen LogP contribution in [-0.4, -0.2) is 9.55 Å². The minimum absolute atomic E-state index is 0. The van der Waals surface area contributed by atoms with Gasteiger partial charge in [0, 0.05) is 60.8 Å². The van der Waals surface area contributed by atoms with Crippen LogP contribution < -0.4 is 24.2 Å². The first-order valence-corrected chi connectivity index (χ1v) is 22.7. The quantitative estimate of drug-likeness (QED) is 0.160. The van der Waals surface area contributed by atoms with Crippen LogP contribution in [0.4, 0.5) is 28.4 Å². The van der Waals surface area contributed by atoms with Crippen LogP contribution in [0.25, 0.3) is 27.6 Å². The van der Waals surface area contributed by atoms with Gasteiger partial charge in [-0.1, -0.05) is 111 Å². The summed E-state index contributed by atoms with van der Waals surface area (Å²) < 4.78 is 15.5. The average molecular weight is 1050 g/mol. The van der Waals surface area contributed by atoms with Crippen molar-refractivity contribution in [2.75, 3.05) is 14.7 Å². The SMILES string of the molecule is CC(C)(C)c1ccnc(-n2c3[c-]c(Oc4[c-]c(N5C=CN(c6cc7c8c(c6)C(C)(C)c6cccc9c6N8c6c(cccc6C7(C)C)O9)[CH-]5)ccc4)ccc3c3cc(C(C)(C)C)ccc32)c1.[Pt]. The third-order valence-corrected chi connectivity index (χ3v) is 14.2. The molecule has 0 saturated heterocycles. The first-order valence-electron chi connectivity index (χ1n) is 22.7. The number of para-hydroxylation sites is 2. The molecule has 0 unspecified atom stereocenters. The summed E-state index contributed by atoms with van der Waals surface area (Å²) in [5.41, 5.74) is 14.6. The van der Waals surface area contributed by atoms with Crippen LogP contribution in [0.5, 0.6) is 23.0 Å². The molecule has 8 heteroatoms. The van der Waals surface area contributed by atoms with E-state index in [0.717, 1.165) is 56.5 Å². The number of hydrogen-bond donors (Lipinski definition) is 0. The van der Waals surface area contributed by atoms with Crippen molar-refractivity contribution in [1.82, 2.24) is 9.55 Å². The number of fused-ring (bicyclic) bond motifs is 3. The number of hydrogen-bond acceptors (Lipinski definition) is 6. The van der Waals surface area contributed by atoms with Gasteiger partial charge < -0.3 is 28.7 Å². The van der Waals surface area contributed by atoms with E-state index in [1.807, 2.05) is 24.4 Å². The Hall–Kier alpha value is -6.30. The van der Waals surface area contributed by atoms with Gasteiger partial charge in [-0.2, -0.15) is 12.1 Å². The Bertz CT molecular complexity index is 3280. The number of ether oxygens (including phenoxy) is 2. The number of benzene rings is 6. The molecule has 334 valence electrons. The average Bonchev–Trinajstić information content (AvgIpc) is 3.90. The van der Waals surface area contributed by atoms with E-state index < -0.39 is 0 Å². The number of rotatable bonds is 5. The normalized spacial score (nSPS) is 16.1. The molecule has 12 rings (SSSR count). The van der Waals surface area contributed by atoms with Crippen LogP contribution in [0.3, 0.4) is 0 Å². The van der Waals surface area contributed by atoms with Gasteiger partial charge in [-0.25, -0.2) is 4.98 Å². The molecule has 8 aromatic rings. The van der Waals surface area contributed by atoms with Gasteiger partial charge in [0.25, 0.3) is 0 Å². The first-order chi connectivity index (χ1) is 31.0. The fraction of sp³-hybridized carbons (Fsp3) is 0.241. The maximum Gasteiger partial charge on any atom is 0.151 e. The number of nitrogens with zero attached hydrogens (tertiary/aromatic N) is 5. The van der Waals surface area contributed by atoms with Gasteiger partial charge in [-0.05, 0) is 104 Å². The molecular weight excluding hydrogens is 994 g/mol. The summed E-state index contributed by atoms with van der Waals surface area (Å²) in [4.78, 5) is 11.7. The second kappa shape index (κ2) is 14.3. The Balaban J connectivity index is 0.00000481. The molecule has 4 aliphatic rings. The van der Waals surface area contributed by atoms with Gasteiger partial charge in [0.15, 0.2) is 11.5 Å². The number of aromatic nitrogens is 2. The molecule has 0 saturated carbocycles. The standard InChI is InChI=1S/C58H52N5O2.Pt/c1-55(2,3)35-20-23-47-42(28-35)41-22-21-40(33-48(41)62(47)51-29-36(24-25-59-51)56(4,5)6)64-39-15-11-14-37(30-39)60-26-27-61(34-60)38-31-45-52-46(32-38)58(9,10)44-17-13-19-50-54(44)63(52)53-43(57(45,7)8)16-12-18-49(53)65-50;/h11-29,31-32,34H,1-10H3;/q-3;. The summed E-state index contributed by atoms with van der Waals surface area (Å²) >= 11 is 0. The molecule has 0 fully saturated rings. The van der Waals surface area contributed by atoms with E-state index in [-0.39, 0.29) is 42.7 Å². The van der Waals surface area contributed by atoms with Crippen molar-refractivity contribution >= 4 is 50.2 Å². The molecule has 0 radical (unpaired) electrons. The summed E-state index contributed by atoms with van der Waals surface area (Å²) in [5.74, 6) is 3.89. The molecule has 6 heterocycles. The Kier molecular flexibility index (Phi) is 9.21. The van der Waals surface area contributed by atoms with Crippen LogP contribution in [0.2, 0.25) is 0 Å². The summed E-state index contributed by atoms with van der Waals surface area (Å²) in [6.07, 6.45) is 6.13. The van der Waals surface area contributed by atoms with Crippen molar-refractivity contribution in [1.29, 1.82) is 0 Å². The van der Waals surface area contributed by atoms with E-state index in [2.05, 4.69) is 211 Å². The van der Waals surface area contributed by atoms with Crippen LogP contribution in [0.1, 0.15) is 103 Å². The molecule has 0 spiro atoms. The molecule has 0 atom stereocenters. The minimum Gasteiger partial charge on any atom is -0.509 e. The maximum absolute atomic E-state index is 6.63. The topological polar surface area (TPSA) is 46.0 Å². The second-order valence-electron chi connectivity index (χ2n) is 21.2. The Labute approximate surface area is 402 Å². The number of pyridine rings is 1. The molecule has 0 aliphatic carbocycles. The van der Waals surface area contributed by atoms with E-state index in [0.29, 0.717) is 11.5 Å². The molecule has 0 bridgehead atoms. The molecule has 6 aromatic carbocycles. The van der Waals surface area contributed by atoms with Crippen molar-refractivity contribution in [2.24, 2.45) is 0 Å². The van der Waals surface area contributed by atoms with Crippen LogP contribution in [0, 0.1) is 18.8 Å². The summed E-state index contributed by atoms with van der Waals surface area (Å²) in [6.45, 7) is 25.0. The van der Waals surface area contributed by atoms with E-state index in [1.165, 1.54) is 44.5 Å². The zero-order valence-electron chi connectivity index (χ0n) is 39.1. The summed E-state index contributed by atoms with van der Waals surface area (Å²) in [5, 5.41) is 2.27. The van der Waals surface area contributed by atoms with E-state index in [9.17, 15) is 0 Å². The molecule has 66 heavy (non-hydrogen) atoms. The Morgan fingerprint density at radius 1 is 0.606 bits per heavy atom. The largest absolute Gasteiger partial charge is 0.509 e. The molecule has 2 aromatic heterocycles. The molecule has 0 N–H and O–H groups in total. The zero-order chi connectivity index (χ0) is 44.9. The number of anilines is 5. The smallest absolute Gasteiger partial charge is 0.151 e. The van der Waals surface area contributed by atoms with Gasteiger partial charge >= 0.3 is 0 Å². The van der Waals surface area contributed by atoms with Crippen LogP contribution in [0.15, 0.2) is 128 Å². The summed E-state index contributed by atoms with van der Waals surface area (Å²) in [7, 11) is 0. The van der Waals surface area contributed by atoms with Crippen LogP contribution >= 0.6 is 0 Å². The van der Waals surface area contributed by atoms with Gasteiger partial charge in [-0.3, -0.25) is 0 Å². The van der Waals surface area contributed by atoms with E-state index in [1.54, 1.807) is 0 Å². The van der Waals surface area contributed by atoms with Crippen molar-refractivity contribution in [3.05, 3.63) is 180 Å². The Morgan fingerprint density at radius 3 is 1.89 bits per heavy atom. The second-order valence-corrected chi connectivity index (χ2v) is 21.2. The predicted molar refractivity (Wildman–Crippen MR) is 264 cm³/mol. The molecular formula is C58H52N5O2Pt-3. The predicted octanol–water partition coefficient (Wildman–Crippen LogP) is 14.9. The van der Waals surface area contributed by atoms with Gasteiger partial charge in [0.1, 0.15) is 5.82 Å². The zero-order valence-corrected chi connectivity index (χ0v) is 41.3. The molecule has 0 amide bonds. The fourth-order valence-corrected chi connectivity index (χ4v) is 10.5. The van der Waals surface area contributed by atoms with Crippen molar-refractivity contribution in [3.63, 3.8) is 0 Å². The first kappa shape index (κ1) is 42.3. The van der Waals surface area contributed by atoms with E-state index in [4.69, 9.17) is 14.5 Å². The Morgan fingerprint density at radius 2 is 1.23 bits per heavy atom. The summed E-state index contributed by atoms with van der Waals surface area (Å²) in [6, 6.07) is 46.3. The fourth-order valence-electron chi connectivity index (χ4n) is 10.5. The van der Waals surface area contributed by atoms with Crippen molar-refractivity contribution in [2.45, 2.75) is 90.9 Å². The van der Waals surface area contributed by atoms with Crippen molar-refractivity contribution in [3.8, 4) is 28.8 Å². The monoisotopic (exact) mass is 1050 g/mol. The molecule has 7 nitrogen and oxygen atoms in total.